The molecule has 1 aliphatic rings. The number of benzene rings is 2. The molecule has 20 heavy (non-hydrogen) atoms. The Balaban J connectivity index is 1.90. The van der Waals surface area contributed by atoms with Crippen LogP contribution in [0.4, 0.5) is 5.69 Å². The molecule has 2 aromatic rings. The Bertz CT molecular complexity index is 615. The van der Waals surface area contributed by atoms with Gasteiger partial charge < -0.3 is 10.6 Å². The van der Waals surface area contributed by atoms with Crippen molar-refractivity contribution >= 4 is 39.9 Å². The van der Waals surface area contributed by atoms with Gasteiger partial charge in [0.25, 0.3) is 0 Å². The molecule has 2 nitrogen and oxygen atoms in total. The van der Waals surface area contributed by atoms with Crippen LogP contribution in [0.1, 0.15) is 23.6 Å². The molecule has 0 aliphatic carbocycles. The molecule has 0 radical (unpaired) electrons. The minimum atomic E-state index is 0.343. The van der Waals surface area contributed by atoms with Gasteiger partial charge in [-0.15, -0.1) is 0 Å². The van der Waals surface area contributed by atoms with Gasteiger partial charge in [0.15, 0.2) is 0 Å². The zero-order chi connectivity index (χ0) is 13.9. The molecule has 4 heteroatoms. The van der Waals surface area contributed by atoms with Crippen molar-refractivity contribution in [3.63, 3.8) is 0 Å². The molecule has 104 valence electrons. The van der Waals surface area contributed by atoms with E-state index < -0.39 is 0 Å². The van der Waals surface area contributed by atoms with Gasteiger partial charge in [0.05, 0.1) is 6.04 Å². The molecule has 0 spiro atoms. The first kappa shape index (κ1) is 14.2. The zero-order valence-corrected chi connectivity index (χ0v) is 13.9. The minimum absolute atomic E-state index is 0.343. The highest BCUT2D eigenvalue weighted by molar-refractivity contribution is 14.1. The van der Waals surface area contributed by atoms with Crippen LogP contribution in [0.25, 0.3) is 0 Å². The van der Waals surface area contributed by atoms with Crippen molar-refractivity contribution in [2.75, 3.05) is 11.9 Å². The highest BCUT2D eigenvalue weighted by Crippen LogP contribution is 2.30. The van der Waals surface area contributed by atoms with Crippen LogP contribution in [0.2, 0.25) is 5.02 Å². The van der Waals surface area contributed by atoms with E-state index in [-0.39, 0.29) is 0 Å². The molecule has 0 saturated heterocycles. The Morgan fingerprint density at radius 1 is 1.20 bits per heavy atom. The molecule has 0 fully saturated rings. The fourth-order valence-electron chi connectivity index (χ4n) is 2.60. The molecule has 0 aromatic heterocycles. The predicted octanol–water partition coefficient (Wildman–Crippen LogP) is 4.59. The number of hydrogen-bond acceptors (Lipinski definition) is 2. The molecule has 1 heterocycles. The summed E-state index contributed by atoms with van der Waals surface area (Å²) in [5.41, 5.74) is 3.92. The van der Waals surface area contributed by atoms with Gasteiger partial charge in [-0.1, -0.05) is 35.9 Å². The predicted molar refractivity (Wildman–Crippen MR) is 93.3 cm³/mol. The quantitative estimate of drug-likeness (QED) is 0.723. The van der Waals surface area contributed by atoms with E-state index in [1.807, 2.05) is 12.1 Å². The number of nitrogens with one attached hydrogen (secondary N) is 2. The monoisotopic (exact) mass is 398 g/mol. The van der Waals surface area contributed by atoms with Crippen LogP contribution in [-0.4, -0.2) is 6.54 Å². The lowest BCUT2D eigenvalue weighted by Crippen LogP contribution is -2.15. The molecule has 0 bridgehead atoms. The van der Waals surface area contributed by atoms with Crippen molar-refractivity contribution in [1.29, 1.82) is 0 Å². The van der Waals surface area contributed by atoms with Crippen molar-refractivity contribution in [2.24, 2.45) is 0 Å². The van der Waals surface area contributed by atoms with Gasteiger partial charge in [0.1, 0.15) is 0 Å². The Labute approximate surface area is 138 Å². The van der Waals surface area contributed by atoms with E-state index in [1.165, 1.54) is 11.1 Å². The summed E-state index contributed by atoms with van der Waals surface area (Å²) in [6, 6.07) is 15.0. The van der Waals surface area contributed by atoms with Gasteiger partial charge in [-0.25, -0.2) is 0 Å². The average molecular weight is 399 g/mol. The summed E-state index contributed by atoms with van der Waals surface area (Å²) in [7, 11) is 0. The van der Waals surface area contributed by atoms with Crippen LogP contribution in [-0.2, 0) is 6.54 Å². The van der Waals surface area contributed by atoms with Crippen molar-refractivity contribution in [3.05, 3.63) is 62.2 Å². The maximum absolute atomic E-state index is 6.02. The van der Waals surface area contributed by atoms with E-state index in [2.05, 4.69) is 63.6 Å². The van der Waals surface area contributed by atoms with Crippen LogP contribution >= 0.6 is 34.2 Å². The first-order chi connectivity index (χ1) is 9.74. The third-order valence-electron chi connectivity index (χ3n) is 3.62. The van der Waals surface area contributed by atoms with Crippen LogP contribution in [0, 0.1) is 3.57 Å². The van der Waals surface area contributed by atoms with E-state index in [4.69, 9.17) is 11.6 Å². The zero-order valence-electron chi connectivity index (χ0n) is 11.0. The van der Waals surface area contributed by atoms with Crippen LogP contribution < -0.4 is 10.6 Å². The van der Waals surface area contributed by atoms with Crippen LogP contribution in [0.15, 0.2) is 42.5 Å². The Morgan fingerprint density at radius 3 is 2.90 bits per heavy atom. The third-order valence-corrected chi connectivity index (χ3v) is 4.74. The first-order valence-electron chi connectivity index (χ1n) is 6.74. The summed E-state index contributed by atoms with van der Waals surface area (Å²) < 4.78 is 1.16. The van der Waals surface area contributed by atoms with Gasteiger partial charge in [-0.05, 0) is 64.9 Å². The van der Waals surface area contributed by atoms with Crippen molar-refractivity contribution in [3.8, 4) is 0 Å². The second-order valence-corrected chi connectivity index (χ2v) is 6.58. The molecule has 0 saturated carbocycles. The average Bonchev–Trinajstić information content (AvgIpc) is 2.65. The lowest BCUT2D eigenvalue weighted by Gasteiger charge is -2.21. The van der Waals surface area contributed by atoms with E-state index in [9.17, 15) is 0 Å². The number of fused-ring (bicyclic) bond motifs is 1. The second kappa shape index (κ2) is 6.33. The number of rotatable bonds is 2. The van der Waals surface area contributed by atoms with Crippen molar-refractivity contribution in [1.82, 2.24) is 5.32 Å². The van der Waals surface area contributed by atoms with Crippen molar-refractivity contribution in [2.45, 2.75) is 19.0 Å². The van der Waals surface area contributed by atoms with Crippen molar-refractivity contribution < 1.29 is 0 Å². The lowest BCUT2D eigenvalue weighted by molar-refractivity contribution is 0.637. The van der Waals surface area contributed by atoms with E-state index in [0.717, 1.165) is 33.8 Å². The second-order valence-electron chi connectivity index (χ2n) is 4.99. The Hall–Kier alpha value is -0.780. The largest absolute Gasteiger partial charge is 0.377 e. The molecular formula is C16H16ClIN2. The summed E-state index contributed by atoms with van der Waals surface area (Å²) in [4.78, 5) is 0. The van der Waals surface area contributed by atoms with Gasteiger partial charge in [-0.3, -0.25) is 0 Å². The highest BCUT2D eigenvalue weighted by Gasteiger charge is 2.18. The first-order valence-corrected chi connectivity index (χ1v) is 8.20. The molecule has 0 amide bonds. The summed E-state index contributed by atoms with van der Waals surface area (Å²) in [6.45, 7) is 1.97. The maximum atomic E-state index is 6.02. The summed E-state index contributed by atoms with van der Waals surface area (Å²) in [5, 5.41) is 7.93. The Kier molecular flexibility index (Phi) is 4.48. The van der Waals surface area contributed by atoms with E-state index in [1.54, 1.807) is 0 Å². The minimum Gasteiger partial charge on any atom is -0.377 e. The molecule has 3 rings (SSSR count). The van der Waals surface area contributed by atoms with Crippen LogP contribution in [0.5, 0.6) is 0 Å². The topological polar surface area (TPSA) is 24.1 Å². The fourth-order valence-corrected chi connectivity index (χ4v) is 3.63. The lowest BCUT2D eigenvalue weighted by atomic mass is 9.99. The van der Waals surface area contributed by atoms with Gasteiger partial charge in [0.2, 0.25) is 0 Å². The van der Waals surface area contributed by atoms with E-state index >= 15 is 0 Å². The molecular weight excluding hydrogens is 383 g/mol. The summed E-state index contributed by atoms with van der Waals surface area (Å²) >= 11 is 8.35. The smallest absolute Gasteiger partial charge is 0.0529 e. The molecule has 1 atom stereocenters. The standard InChI is InChI=1S/C16H16ClIN2/c17-12-5-6-16(14(18)9-12)20-15-7-8-19-10-11-3-1-2-4-13(11)15/h1-6,9,15,19-20H,7-8,10H2. The third kappa shape index (κ3) is 3.10. The van der Waals surface area contributed by atoms with Gasteiger partial charge in [0, 0.05) is 20.8 Å². The molecule has 1 unspecified atom stereocenters. The van der Waals surface area contributed by atoms with Gasteiger partial charge >= 0.3 is 0 Å². The SMILES string of the molecule is Clc1ccc(NC2CCNCc3ccccc32)c(I)c1. The normalized spacial score (nSPS) is 18.2. The van der Waals surface area contributed by atoms with Gasteiger partial charge in [-0.2, -0.15) is 0 Å². The summed E-state index contributed by atoms with van der Waals surface area (Å²) in [5.74, 6) is 0. The summed E-state index contributed by atoms with van der Waals surface area (Å²) in [6.07, 6.45) is 1.08. The molecule has 2 aromatic carbocycles. The Morgan fingerprint density at radius 2 is 2.05 bits per heavy atom. The van der Waals surface area contributed by atoms with E-state index in [0.29, 0.717) is 6.04 Å². The fraction of sp³-hybridized carbons (Fsp3) is 0.250. The molecule has 2 N–H and O–H groups in total. The number of hydrogen-bond donors (Lipinski definition) is 2. The maximum Gasteiger partial charge on any atom is 0.0529 e. The van der Waals surface area contributed by atoms with Crippen LogP contribution in [0.3, 0.4) is 0 Å². The molecule has 1 aliphatic heterocycles. The number of anilines is 1. The highest BCUT2D eigenvalue weighted by atomic mass is 127. The number of halogens is 2.